The topological polar surface area (TPSA) is 0 Å². The molecule has 0 fully saturated rings. The van der Waals surface area contributed by atoms with Crippen LogP contribution in [0.1, 0.15) is 32.8 Å². The molecule has 1 nitrogen and oxygen atoms in total. The molecule has 1 aromatic carbocycles. The summed E-state index contributed by atoms with van der Waals surface area (Å²) in [6, 6.07) is 8.83. The molecule has 0 N–H and O–H groups in total. The number of benzene rings is 1. The summed E-state index contributed by atoms with van der Waals surface area (Å²) < 4.78 is 0.944. The van der Waals surface area contributed by atoms with Crippen molar-refractivity contribution in [3.8, 4) is 0 Å². The highest BCUT2D eigenvalue weighted by atomic mass is 15.4. The molecule has 1 aliphatic heterocycles. The average Bonchev–Trinajstić information content (AvgIpc) is 2.50. The Hall–Kier alpha value is -1.08. The van der Waals surface area contributed by atoms with Gasteiger partial charge >= 0.3 is 0 Å². The summed E-state index contributed by atoms with van der Waals surface area (Å²) in [6.45, 7) is 13.3. The standard InChI is InChI=1S/C15H22N/c1-5-11-16(6-2)12-15(3,4)13-9-7-8-10-14(13)16/h6-10H,2,5,11-12H2,1,3-4H3/q+1. The van der Waals surface area contributed by atoms with Gasteiger partial charge in [-0.3, -0.25) is 4.48 Å². The lowest BCUT2D eigenvalue weighted by Crippen LogP contribution is -2.45. The Labute approximate surface area is 99.0 Å². The Bertz CT molecular complexity index is 406. The molecular weight excluding hydrogens is 194 g/mol. The van der Waals surface area contributed by atoms with Gasteiger partial charge < -0.3 is 0 Å². The molecule has 2 rings (SSSR count). The zero-order chi connectivity index (χ0) is 11.8. The van der Waals surface area contributed by atoms with Gasteiger partial charge in [0, 0.05) is 11.0 Å². The summed E-state index contributed by atoms with van der Waals surface area (Å²) in [5, 5.41) is 0. The van der Waals surface area contributed by atoms with Gasteiger partial charge in [-0.25, -0.2) is 0 Å². The van der Waals surface area contributed by atoms with Gasteiger partial charge in [-0.05, 0) is 19.1 Å². The Balaban J connectivity index is 2.58. The van der Waals surface area contributed by atoms with E-state index in [1.807, 2.05) is 0 Å². The number of nitrogens with zero attached hydrogens (tertiary/aromatic N) is 1. The quantitative estimate of drug-likeness (QED) is 0.673. The smallest absolute Gasteiger partial charge is 0.141 e. The number of hydrogen-bond donors (Lipinski definition) is 0. The minimum atomic E-state index is 0.264. The Morgan fingerprint density at radius 3 is 2.69 bits per heavy atom. The maximum absolute atomic E-state index is 4.07. The Kier molecular flexibility index (Phi) is 2.67. The lowest BCUT2D eigenvalue weighted by molar-refractivity contribution is 0.338. The first-order valence-electron chi connectivity index (χ1n) is 6.16. The number of fused-ring (bicyclic) bond motifs is 1. The van der Waals surface area contributed by atoms with Gasteiger partial charge in [0.2, 0.25) is 0 Å². The summed E-state index contributed by atoms with van der Waals surface area (Å²) in [5.74, 6) is 0. The van der Waals surface area contributed by atoms with Crippen molar-refractivity contribution in [1.29, 1.82) is 0 Å². The highest BCUT2D eigenvalue weighted by Crippen LogP contribution is 2.45. The van der Waals surface area contributed by atoms with E-state index >= 15 is 0 Å². The molecule has 86 valence electrons. The van der Waals surface area contributed by atoms with Crippen LogP contribution in [0, 0.1) is 0 Å². The molecule has 0 amide bonds. The first-order valence-corrected chi connectivity index (χ1v) is 6.16. The first-order chi connectivity index (χ1) is 7.56. The molecule has 1 heteroatoms. The van der Waals surface area contributed by atoms with E-state index in [0.29, 0.717) is 0 Å². The van der Waals surface area contributed by atoms with Crippen molar-refractivity contribution in [1.82, 2.24) is 4.48 Å². The van der Waals surface area contributed by atoms with Gasteiger partial charge in [-0.1, -0.05) is 39.0 Å². The van der Waals surface area contributed by atoms with Crippen molar-refractivity contribution in [2.75, 3.05) is 13.1 Å². The van der Waals surface area contributed by atoms with E-state index in [1.54, 1.807) is 0 Å². The van der Waals surface area contributed by atoms with Crippen molar-refractivity contribution in [3.63, 3.8) is 0 Å². The fourth-order valence-electron chi connectivity index (χ4n) is 3.16. The lowest BCUT2D eigenvalue weighted by atomic mass is 9.87. The molecule has 1 aromatic rings. The van der Waals surface area contributed by atoms with Gasteiger partial charge in [0.15, 0.2) is 0 Å². The summed E-state index contributed by atoms with van der Waals surface area (Å²) in [7, 11) is 0. The number of hydrogen-bond acceptors (Lipinski definition) is 0. The monoisotopic (exact) mass is 216 g/mol. The minimum Gasteiger partial charge on any atom is -0.264 e. The van der Waals surface area contributed by atoms with Crippen LogP contribution in [-0.2, 0) is 5.41 Å². The summed E-state index contributed by atoms with van der Waals surface area (Å²) >= 11 is 0. The van der Waals surface area contributed by atoms with E-state index in [9.17, 15) is 0 Å². The molecule has 0 aromatic heterocycles. The molecule has 1 heterocycles. The van der Waals surface area contributed by atoms with Crippen LogP contribution in [0.5, 0.6) is 0 Å². The van der Waals surface area contributed by atoms with Gasteiger partial charge in [0.1, 0.15) is 5.69 Å². The fraction of sp³-hybridized carbons (Fsp3) is 0.467. The third kappa shape index (κ3) is 1.51. The van der Waals surface area contributed by atoms with Crippen LogP contribution in [-0.4, -0.2) is 13.1 Å². The first kappa shape index (κ1) is 11.4. The molecule has 0 bridgehead atoms. The molecule has 0 aliphatic carbocycles. The minimum absolute atomic E-state index is 0.264. The lowest BCUT2D eigenvalue weighted by Gasteiger charge is -2.31. The molecule has 0 saturated heterocycles. The molecular formula is C15H22N+. The highest BCUT2D eigenvalue weighted by Gasteiger charge is 2.46. The van der Waals surface area contributed by atoms with Crippen molar-refractivity contribution < 1.29 is 0 Å². The van der Waals surface area contributed by atoms with Gasteiger partial charge in [-0.15, -0.1) is 0 Å². The summed E-state index contributed by atoms with van der Waals surface area (Å²) in [5.41, 5.74) is 3.20. The predicted octanol–water partition coefficient (Wildman–Crippen LogP) is 3.84. The second-order valence-electron chi connectivity index (χ2n) is 5.50. The molecule has 1 aliphatic rings. The third-order valence-corrected chi connectivity index (χ3v) is 3.76. The maximum Gasteiger partial charge on any atom is 0.141 e. The van der Waals surface area contributed by atoms with Crippen LogP contribution in [0.25, 0.3) is 0 Å². The molecule has 0 spiro atoms. The fourth-order valence-corrected chi connectivity index (χ4v) is 3.16. The van der Waals surface area contributed by atoms with E-state index < -0.39 is 0 Å². The molecule has 1 unspecified atom stereocenters. The SMILES string of the molecule is C=C[N+]1(CCC)CC(C)(C)c2ccccc21. The largest absolute Gasteiger partial charge is 0.264 e. The number of para-hydroxylation sites is 1. The number of rotatable bonds is 3. The van der Waals surface area contributed by atoms with Crippen LogP contribution < -0.4 is 4.48 Å². The van der Waals surface area contributed by atoms with Crippen LogP contribution in [0.15, 0.2) is 37.0 Å². The third-order valence-electron chi connectivity index (χ3n) is 3.76. The van der Waals surface area contributed by atoms with Crippen molar-refractivity contribution >= 4 is 5.69 Å². The Morgan fingerprint density at radius 2 is 2.06 bits per heavy atom. The number of quaternary nitrogens is 1. The van der Waals surface area contributed by atoms with Gasteiger partial charge in [0.05, 0.1) is 19.3 Å². The second-order valence-corrected chi connectivity index (χ2v) is 5.50. The van der Waals surface area contributed by atoms with Crippen LogP contribution in [0.4, 0.5) is 5.69 Å². The normalized spacial score (nSPS) is 26.4. The molecule has 1 atom stereocenters. The zero-order valence-electron chi connectivity index (χ0n) is 10.7. The highest BCUT2D eigenvalue weighted by molar-refractivity contribution is 5.60. The van der Waals surface area contributed by atoms with E-state index in [0.717, 1.165) is 17.6 Å². The van der Waals surface area contributed by atoms with Crippen molar-refractivity contribution in [3.05, 3.63) is 42.6 Å². The van der Waals surface area contributed by atoms with E-state index in [4.69, 9.17) is 0 Å². The second kappa shape index (κ2) is 3.74. The van der Waals surface area contributed by atoms with Crippen molar-refractivity contribution in [2.24, 2.45) is 0 Å². The summed E-state index contributed by atoms with van der Waals surface area (Å²) in [6.07, 6.45) is 3.31. The maximum atomic E-state index is 4.07. The average molecular weight is 216 g/mol. The van der Waals surface area contributed by atoms with E-state index in [-0.39, 0.29) is 5.41 Å². The molecule has 0 radical (unpaired) electrons. The van der Waals surface area contributed by atoms with Gasteiger partial charge in [0.25, 0.3) is 0 Å². The van der Waals surface area contributed by atoms with E-state index in [1.165, 1.54) is 17.7 Å². The van der Waals surface area contributed by atoms with Crippen molar-refractivity contribution in [2.45, 2.75) is 32.6 Å². The zero-order valence-corrected chi connectivity index (χ0v) is 10.7. The molecule has 0 saturated carbocycles. The summed E-state index contributed by atoms with van der Waals surface area (Å²) in [4.78, 5) is 0. The van der Waals surface area contributed by atoms with Crippen LogP contribution in [0.3, 0.4) is 0 Å². The predicted molar refractivity (Wildman–Crippen MR) is 71.5 cm³/mol. The van der Waals surface area contributed by atoms with Crippen LogP contribution in [0.2, 0.25) is 0 Å². The van der Waals surface area contributed by atoms with Gasteiger partial charge in [-0.2, -0.15) is 0 Å². The molecule has 16 heavy (non-hydrogen) atoms. The van der Waals surface area contributed by atoms with E-state index in [2.05, 4.69) is 57.8 Å². The van der Waals surface area contributed by atoms with Crippen LogP contribution >= 0.6 is 0 Å². The Morgan fingerprint density at radius 1 is 1.38 bits per heavy atom.